The summed E-state index contributed by atoms with van der Waals surface area (Å²) in [6.07, 6.45) is 2.55. The first kappa shape index (κ1) is 15.3. The molecule has 0 aliphatic heterocycles. The Morgan fingerprint density at radius 3 is 2.81 bits per heavy atom. The van der Waals surface area contributed by atoms with Crippen LogP contribution in [-0.4, -0.2) is 48.5 Å². The standard InChI is InChI=1S/C9H22N4O2S/c1-8(16(3)14)7-12-9(13-10)11-5-4-6-15-2/h8H,4-7,10H2,1-3H3,(H2,11,12,13). The smallest absolute Gasteiger partial charge is 0.205 e. The van der Waals surface area contributed by atoms with Crippen LogP contribution in [0, 0.1) is 0 Å². The minimum Gasteiger partial charge on any atom is -0.385 e. The van der Waals surface area contributed by atoms with Crippen molar-refractivity contribution < 1.29 is 8.95 Å². The van der Waals surface area contributed by atoms with Crippen molar-refractivity contribution in [3.63, 3.8) is 0 Å². The van der Waals surface area contributed by atoms with E-state index in [0.717, 1.165) is 13.0 Å². The molecule has 2 unspecified atom stereocenters. The fraction of sp³-hybridized carbons (Fsp3) is 0.889. The van der Waals surface area contributed by atoms with Crippen LogP contribution in [0.5, 0.6) is 0 Å². The minimum atomic E-state index is -0.861. The summed E-state index contributed by atoms with van der Waals surface area (Å²) in [7, 11) is 0.800. The van der Waals surface area contributed by atoms with E-state index < -0.39 is 10.8 Å². The molecule has 0 aromatic heterocycles. The zero-order valence-electron chi connectivity index (χ0n) is 10.2. The number of rotatable bonds is 7. The predicted molar refractivity (Wildman–Crippen MR) is 67.6 cm³/mol. The van der Waals surface area contributed by atoms with Crippen LogP contribution < -0.4 is 16.6 Å². The topological polar surface area (TPSA) is 88.7 Å². The van der Waals surface area contributed by atoms with Gasteiger partial charge in [-0.05, 0) is 13.3 Å². The zero-order valence-corrected chi connectivity index (χ0v) is 11.0. The van der Waals surface area contributed by atoms with Gasteiger partial charge in [-0.1, -0.05) is 0 Å². The molecule has 2 atom stereocenters. The van der Waals surface area contributed by atoms with Gasteiger partial charge in [-0.25, -0.2) is 5.84 Å². The van der Waals surface area contributed by atoms with E-state index in [0.29, 0.717) is 19.1 Å². The van der Waals surface area contributed by atoms with Gasteiger partial charge in [0, 0.05) is 37.3 Å². The minimum absolute atomic E-state index is 0.0316. The summed E-state index contributed by atoms with van der Waals surface area (Å²) in [6.45, 7) is 3.80. The number of hydrogen-bond acceptors (Lipinski definition) is 4. The third kappa shape index (κ3) is 7.61. The SMILES string of the molecule is COCCCNC(=NCC(C)S(C)=O)NN. The number of methoxy groups -OCH3 is 1. The van der Waals surface area contributed by atoms with E-state index in [1.807, 2.05) is 6.92 Å². The first-order valence-corrected chi connectivity index (χ1v) is 6.80. The lowest BCUT2D eigenvalue weighted by molar-refractivity contribution is 0.195. The molecular weight excluding hydrogens is 228 g/mol. The monoisotopic (exact) mass is 250 g/mol. The van der Waals surface area contributed by atoms with Crippen LogP contribution in [0.15, 0.2) is 4.99 Å². The Morgan fingerprint density at radius 2 is 2.31 bits per heavy atom. The number of aliphatic imine (C=N–C) groups is 1. The maximum atomic E-state index is 11.1. The van der Waals surface area contributed by atoms with Crippen molar-refractivity contribution in [1.29, 1.82) is 0 Å². The lowest BCUT2D eigenvalue weighted by Gasteiger charge is -2.10. The van der Waals surface area contributed by atoms with Gasteiger partial charge in [0.05, 0.1) is 11.8 Å². The van der Waals surface area contributed by atoms with Crippen molar-refractivity contribution in [1.82, 2.24) is 10.7 Å². The van der Waals surface area contributed by atoms with Crippen LogP contribution in [0.25, 0.3) is 0 Å². The molecule has 0 aromatic rings. The van der Waals surface area contributed by atoms with E-state index in [-0.39, 0.29) is 5.25 Å². The highest BCUT2D eigenvalue weighted by molar-refractivity contribution is 7.84. The highest BCUT2D eigenvalue weighted by Crippen LogP contribution is 1.92. The van der Waals surface area contributed by atoms with Gasteiger partial charge >= 0.3 is 0 Å². The van der Waals surface area contributed by atoms with Crippen molar-refractivity contribution >= 4 is 16.8 Å². The van der Waals surface area contributed by atoms with Crippen molar-refractivity contribution in [3.8, 4) is 0 Å². The van der Waals surface area contributed by atoms with Gasteiger partial charge in [0.2, 0.25) is 5.96 Å². The number of hydrogen-bond donors (Lipinski definition) is 3. The summed E-state index contributed by atoms with van der Waals surface area (Å²) >= 11 is 0. The van der Waals surface area contributed by atoms with Gasteiger partial charge in [-0.2, -0.15) is 0 Å². The van der Waals surface area contributed by atoms with Crippen LogP contribution in [0.2, 0.25) is 0 Å². The molecule has 0 saturated heterocycles. The van der Waals surface area contributed by atoms with Gasteiger partial charge in [0.25, 0.3) is 0 Å². The number of guanidine groups is 1. The van der Waals surface area contributed by atoms with E-state index in [1.165, 1.54) is 0 Å². The molecule has 0 heterocycles. The van der Waals surface area contributed by atoms with Gasteiger partial charge in [0.1, 0.15) is 0 Å². The molecule has 0 radical (unpaired) electrons. The zero-order chi connectivity index (χ0) is 12.4. The molecule has 96 valence electrons. The summed E-state index contributed by atoms with van der Waals surface area (Å²) in [5, 5.41) is 3.07. The van der Waals surface area contributed by atoms with Crippen LogP contribution in [0.4, 0.5) is 0 Å². The average molecular weight is 250 g/mol. The second kappa shape index (κ2) is 9.56. The Morgan fingerprint density at radius 1 is 1.62 bits per heavy atom. The second-order valence-electron chi connectivity index (χ2n) is 3.42. The summed E-state index contributed by atoms with van der Waals surface area (Å²) in [5.41, 5.74) is 2.47. The van der Waals surface area contributed by atoms with Crippen molar-refractivity contribution in [3.05, 3.63) is 0 Å². The van der Waals surface area contributed by atoms with Crippen LogP contribution in [-0.2, 0) is 15.5 Å². The molecule has 7 heteroatoms. The summed E-state index contributed by atoms with van der Waals surface area (Å²) in [4.78, 5) is 4.20. The first-order chi connectivity index (χ1) is 7.61. The van der Waals surface area contributed by atoms with Gasteiger partial charge in [-0.3, -0.25) is 14.6 Å². The van der Waals surface area contributed by atoms with E-state index in [1.54, 1.807) is 13.4 Å². The Kier molecular flexibility index (Phi) is 9.16. The predicted octanol–water partition coefficient (Wildman–Crippen LogP) is -0.801. The molecule has 0 spiro atoms. The number of nitrogens with one attached hydrogen (secondary N) is 2. The molecule has 16 heavy (non-hydrogen) atoms. The number of nitrogens with two attached hydrogens (primary N) is 1. The average Bonchev–Trinajstić information content (AvgIpc) is 2.27. The summed E-state index contributed by atoms with van der Waals surface area (Å²) in [5.74, 6) is 5.82. The normalized spacial score (nSPS) is 15.6. The van der Waals surface area contributed by atoms with E-state index in [4.69, 9.17) is 10.6 Å². The fourth-order valence-corrected chi connectivity index (χ4v) is 1.19. The largest absolute Gasteiger partial charge is 0.385 e. The molecule has 6 nitrogen and oxygen atoms in total. The molecule has 0 aromatic carbocycles. The van der Waals surface area contributed by atoms with Crippen LogP contribution >= 0.6 is 0 Å². The van der Waals surface area contributed by atoms with Crippen molar-refractivity contribution in [2.75, 3.05) is 33.1 Å². The Hall–Kier alpha value is -0.660. The van der Waals surface area contributed by atoms with Gasteiger partial charge in [0.15, 0.2) is 0 Å². The Labute approximate surface area is 99.5 Å². The van der Waals surface area contributed by atoms with Crippen LogP contribution in [0.3, 0.4) is 0 Å². The van der Waals surface area contributed by atoms with Gasteiger partial charge < -0.3 is 10.1 Å². The highest BCUT2D eigenvalue weighted by atomic mass is 32.2. The first-order valence-electron chi connectivity index (χ1n) is 5.18. The molecule has 0 aliphatic carbocycles. The van der Waals surface area contributed by atoms with E-state index in [9.17, 15) is 4.21 Å². The molecule has 4 N–H and O–H groups in total. The molecular formula is C9H22N4O2S. The Bertz CT molecular complexity index is 236. The molecule has 0 fully saturated rings. The summed E-state index contributed by atoms with van der Waals surface area (Å²) in [6, 6.07) is 0. The molecule has 0 aliphatic rings. The molecule has 0 amide bonds. The lowest BCUT2D eigenvalue weighted by atomic mass is 10.4. The number of ether oxygens (including phenoxy) is 1. The third-order valence-corrected chi connectivity index (χ3v) is 3.31. The lowest BCUT2D eigenvalue weighted by Crippen LogP contribution is -2.42. The second-order valence-corrected chi connectivity index (χ2v) is 5.22. The van der Waals surface area contributed by atoms with E-state index in [2.05, 4.69) is 15.7 Å². The van der Waals surface area contributed by atoms with Crippen molar-refractivity contribution in [2.24, 2.45) is 10.8 Å². The number of nitrogens with zero attached hydrogens (tertiary/aromatic N) is 1. The molecule has 0 bridgehead atoms. The van der Waals surface area contributed by atoms with Crippen molar-refractivity contribution in [2.45, 2.75) is 18.6 Å². The quantitative estimate of drug-likeness (QED) is 0.181. The van der Waals surface area contributed by atoms with Crippen LogP contribution in [0.1, 0.15) is 13.3 Å². The third-order valence-electron chi connectivity index (χ3n) is 2.03. The molecule has 0 rings (SSSR count). The van der Waals surface area contributed by atoms with E-state index >= 15 is 0 Å². The molecule has 0 saturated carbocycles. The van der Waals surface area contributed by atoms with Gasteiger partial charge in [-0.15, -0.1) is 0 Å². The fourth-order valence-electron chi connectivity index (χ4n) is 0.901. The maximum Gasteiger partial charge on any atom is 0.205 e. The summed E-state index contributed by atoms with van der Waals surface area (Å²) < 4.78 is 16.0. The highest BCUT2D eigenvalue weighted by Gasteiger charge is 2.05. The number of hydrazine groups is 1. The maximum absolute atomic E-state index is 11.1. The Balaban J connectivity index is 3.87.